The smallest absolute Gasteiger partial charge is 0.257 e. The third-order valence-electron chi connectivity index (χ3n) is 3.48. The SMILES string of the molecule is Cc1occc1C(=O)N1CCCCC1CCN. The van der Waals surface area contributed by atoms with E-state index in [0.29, 0.717) is 23.9 Å². The van der Waals surface area contributed by atoms with Gasteiger partial charge in [-0.2, -0.15) is 0 Å². The fourth-order valence-electron chi connectivity index (χ4n) is 2.52. The highest BCUT2D eigenvalue weighted by atomic mass is 16.3. The van der Waals surface area contributed by atoms with Gasteiger partial charge in [0, 0.05) is 12.6 Å². The third kappa shape index (κ3) is 2.52. The van der Waals surface area contributed by atoms with Crippen LogP contribution in [-0.4, -0.2) is 29.9 Å². The molecular formula is C13H20N2O2. The van der Waals surface area contributed by atoms with Crippen LogP contribution < -0.4 is 5.73 Å². The van der Waals surface area contributed by atoms with E-state index < -0.39 is 0 Å². The summed E-state index contributed by atoms with van der Waals surface area (Å²) >= 11 is 0. The Hall–Kier alpha value is -1.29. The second-order valence-corrected chi connectivity index (χ2v) is 4.62. The monoisotopic (exact) mass is 236 g/mol. The van der Waals surface area contributed by atoms with Crippen molar-refractivity contribution in [2.75, 3.05) is 13.1 Å². The van der Waals surface area contributed by atoms with Gasteiger partial charge >= 0.3 is 0 Å². The van der Waals surface area contributed by atoms with Crippen LogP contribution >= 0.6 is 0 Å². The molecule has 0 spiro atoms. The van der Waals surface area contributed by atoms with Crippen LogP contribution in [0, 0.1) is 6.92 Å². The van der Waals surface area contributed by atoms with E-state index in [0.717, 1.165) is 25.8 Å². The molecule has 1 aliphatic rings. The van der Waals surface area contributed by atoms with Crippen molar-refractivity contribution in [3.05, 3.63) is 23.7 Å². The molecule has 1 fully saturated rings. The normalized spacial score (nSPS) is 20.6. The van der Waals surface area contributed by atoms with Gasteiger partial charge in [0.15, 0.2) is 0 Å². The van der Waals surface area contributed by atoms with Crippen molar-refractivity contribution in [1.82, 2.24) is 4.90 Å². The van der Waals surface area contributed by atoms with Crippen molar-refractivity contribution in [3.63, 3.8) is 0 Å². The minimum absolute atomic E-state index is 0.0920. The van der Waals surface area contributed by atoms with Crippen LogP contribution in [-0.2, 0) is 0 Å². The van der Waals surface area contributed by atoms with Gasteiger partial charge in [-0.3, -0.25) is 4.79 Å². The highest BCUT2D eigenvalue weighted by molar-refractivity contribution is 5.95. The van der Waals surface area contributed by atoms with Crippen molar-refractivity contribution in [2.45, 2.75) is 38.6 Å². The molecule has 0 bridgehead atoms. The van der Waals surface area contributed by atoms with Crippen molar-refractivity contribution in [3.8, 4) is 0 Å². The zero-order chi connectivity index (χ0) is 12.3. The molecule has 4 heteroatoms. The minimum Gasteiger partial charge on any atom is -0.469 e. The number of rotatable bonds is 3. The molecule has 1 aromatic heterocycles. The van der Waals surface area contributed by atoms with E-state index in [1.54, 1.807) is 12.3 Å². The second-order valence-electron chi connectivity index (χ2n) is 4.62. The van der Waals surface area contributed by atoms with Crippen molar-refractivity contribution >= 4 is 5.91 Å². The quantitative estimate of drug-likeness (QED) is 0.872. The summed E-state index contributed by atoms with van der Waals surface area (Å²) in [5.74, 6) is 0.793. The Bertz CT molecular complexity index is 385. The van der Waals surface area contributed by atoms with E-state index in [1.807, 2.05) is 11.8 Å². The summed E-state index contributed by atoms with van der Waals surface area (Å²) in [7, 11) is 0. The second kappa shape index (κ2) is 5.36. The number of carbonyl (C=O) groups excluding carboxylic acids is 1. The van der Waals surface area contributed by atoms with Crippen LogP contribution in [0.1, 0.15) is 41.8 Å². The highest BCUT2D eigenvalue weighted by Crippen LogP contribution is 2.23. The molecule has 1 aromatic rings. The Morgan fingerprint density at radius 2 is 2.41 bits per heavy atom. The standard InChI is InChI=1S/C13H20N2O2/c1-10-12(6-9-17-10)13(16)15-8-3-2-4-11(15)5-7-14/h6,9,11H,2-5,7-8,14H2,1H3. The Morgan fingerprint density at radius 1 is 1.59 bits per heavy atom. The first kappa shape index (κ1) is 12.2. The van der Waals surface area contributed by atoms with Crippen LogP contribution in [0.2, 0.25) is 0 Å². The molecule has 1 aliphatic heterocycles. The minimum atomic E-state index is 0.0920. The van der Waals surface area contributed by atoms with Gasteiger partial charge in [-0.15, -0.1) is 0 Å². The van der Waals surface area contributed by atoms with Gasteiger partial charge in [0.2, 0.25) is 0 Å². The molecular weight excluding hydrogens is 216 g/mol. The van der Waals surface area contributed by atoms with Gasteiger partial charge in [0.05, 0.1) is 11.8 Å². The Kier molecular flexibility index (Phi) is 3.84. The lowest BCUT2D eigenvalue weighted by Crippen LogP contribution is -2.44. The lowest BCUT2D eigenvalue weighted by molar-refractivity contribution is 0.0603. The number of hydrogen-bond acceptors (Lipinski definition) is 3. The number of aryl methyl sites for hydroxylation is 1. The molecule has 2 N–H and O–H groups in total. The molecule has 0 aromatic carbocycles. The fourth-order valence-corrected chi connectivity index (χ4v) is 2.52. The van der Waals surface area contributed by atoms with Gasteiger partial charge in [-0.1, -0.05) is 0 Å². The maximum Gasteiger partial charge on any atom is 0.257 e. The fraction of sp³-hybridized carbons (Fsp3) is 0.615. The number of hydrogen-bond donors (Lipinski definition) is 1. The van der Waals surface area contributed by atoms with Crippen LogP contribution in [0.15, 0.2) is 16.7 Å². The first-order valence-electron chi connectivity index (χ1n) is 6.29. The lowest BCUT2D eigenvalue weighted by atomic mass is 9.98. The molecule has 1 saturated heterocycles. The molecule has 2 heterocycles. The predicted molar refractivity (Wildman–Crippen MR) is 65.8 cm³/mol. The van der Waals surface area contributed by atoms with E-state index in [2.05, 4.69) is 0 Å². The Balaban J connectivity index is 2.14. The molecule has 17 heavy (non-hydrogen) atoms. The van der Waals surface area contributed by atoms with Gasteiger partial charge in [0.1, 0.15) is 5.76 Å². The molecule has 0 radical (unpaired) electrons. The summed E-state index contributed by atoms with van der Waals surface area (Å²) < 4.78 is 5.20. The summed E-state index contributed by atoms with van der Waals surface area (Å²) in [6.45, 7) is 3.31. The first-order valence-corrected chi connectivity index (χ1v) is 6.29. The van der Waals surface area contributed by atoms with Gasteiger partial charge in [-0.05, 0) is 45.2 Å². The summed E-state index contributed by atoms with van der Waals surface area (Å²) in [6, 6.07) is 2.06. The molecule has 0 aliphatic carbocycles. The van der Waals surface area contributed by atoms with Gasteiger partial charge < -0.3 is 15.1 Å². The molecule has 1 unspecified atom stereocenters. The zero-order valence-electron chi connectivity index (χ0n) is 10.3. The largest absolute Gasteiger partial charge is 0.469 e. The van der Waals surface area contributed by atoms with E-state index >= 15 is 0 Å². The van der Waals surface area contributed by atoms with Crippen LogP contribution in [0.4, 0.5) is 0 Å². The summed E-state index contributed by atoms with van der Waals surface area (Å²) in [4.78, 5) is 14.4. The highest BCUT2D eigenvalue weighted by Gasteiger charge is 2.28. The van der Waals surface area contributed by atoms with Crippen LogP contribution in [0.25, 0.3) is 0 Å². The van der Waals surface area contributed by atoms with Crippen molar-refractivity contribution in [1.29, 1.82) is 0 Å². The zero-order valence-corrected chi connectivity index (χ0v) is 10.3. The number of carbonyl (C=O) groups is 1. The van der Waals surface area contributed by atoms with Gasteiger partial charge in [0.25, 0.3) is 5.91 Å². The number of furan rings is 1. The number of amides is 1. The number of piperidine rings is 1. The van der Waals surface area contributed by atoms with Gasteiger partial charge in [-0.25, -0.2) is 0 Å². The molecule has 94 valence electrons. The third-order valence-corrected chi connectivity index (χ3v) is 3.48. The topological polar surface area (TPSA) is 59.5 Å². The maximum absolute atomic E-state index is 12.4. The number of nitrogens with zero attached hydrogens (tertiary/aromatic N) is 1. The van der Waals surface area contributed by atoms with E-state index in [4.69, 9.17) is 10.2 Å². The maximum atomic E-state index is 12.4. The van der Waals surface area contributed by atoms with E-state index in [1.165, 1.54) is 6.42 Å². The predicted octanol–water partition coefficient (Wildman–Crippen LogP) is 1.93. The van der Waals surface area contributed by atoms with Crippen molar-refractivity contribution < 1.29 is 9.21 Å². The van der Waals surface area contributed by atoms with E-state index in [-0.39, 0.29) is 5.91 Å². The molecule has 0 saturated carbocycles. The van der Waals surface area contributed by atoms with Crippen LogP contribution in [0.3, 0.4) is 0 Å². The average Bonchev–Trinajstić information content (AvgIpc) is 2.76. The Morgan fingerprint density at radius 3 is 3.06 bits per heavy atom. The van der Waals surface area contributed by atoms with Crippen LogP contribution in [0.5, 0.6) is 0 Å². The van der Waals surface area contributed by atoms with Crippen molar-refractivity contribution in [2.24, 2.45) is 5.73 Å². The summed E-state index contributed by atoms with van der Waals surface area (Å²) in [6.07, 6.45) is 5.81. The molecule has 1 amide bonds. The molecule has 2 rings (SSSR count). The number of likely N-dealkylation sites (tertiary alicyclic amines) is 1. The lowest BCUT2D eigenvalue weighted by Gasteiger charge is -2.35. The molecule has 4 nitrogen and oxygen atoms in total. The van der Waals surface area contributed by atoms with E-state index in [9.17, 15) is 4.79 Å². The summed E-state index contributed by atoms with van der Waals surface area (Å²) in [5.41, 5.74) is 6.30. The number of nitrogens with two attached hydrogens (primary N) is 1. The molecule has 1 atom stereocenters. The summed E-state index contributed by atoms with van der Waals surface area (Å²) in [5, 5.41) is 0. The Labute approximate surface area is 102 Å². The average molecular weight is 236 g/mol. The first-order chi connectivity index (χ1) is 8.24.